The van der Waals surface area contributed by atoms with Crippen molar-refractivity contribution in [1.82, 2.24) is 25.1 Å². The smallest absolute Gasteiger partial charge is 0.407 e. The van der Waals surface area contributed by atoms with Gasteiger partial charge in [0.1, 0.15) is 6.10 Å². The third kappa shape index (κ3) is 8.09. The Bertz CT molecular complexity index is 1030. The van der Waals surface area contributed by atoms with Crippen LogP contribution in [0.5, 0.6) is 11.5 Å². The molecule has 1 aliphatic rings. The molecule has 11 nitrogen and oxygen atoms in total. The molecule has 0 radical (unpaired) electrons. The van der Waals surface area contributed by atoms with E-state index in [2.05, 4.69) is 15.6 Å². The summed E-state index contributed by atoms with van der Waals surface area (Å²) >= 11 is 0. The molecule has 1 saturated heterocycles. The number of hydrogen-bond donors (Lipinski definition) is 2. The molecule has 2 heterocycles. The van der Waals surface area contributed by atoms with Crippen molar-refractivity contribution in [3.05, 3.63) is 42.0 Å². The van der Waals surface area contributed by atoms with Gasteiger partial charge in [0.15, 0.2) is 11.5 Å². The van der Waals surface area contributed by atoms with Gasteiger partial charge in [0.05, 0.1) is 32.3 Å². The number of methoxy groups -OCH3 is 2. The largest absolute Gasteiger partial charge is 0.493 e. The summed E-state index contributed by atoms with van der Waals surface area (Å²) in [7, 11) is 5.08. The number of amides is 2. The van der Waals surface area contributed by atoms with Crippen molar-refractivity contribution >= 4 is 12.0 Å². The van der Waals surface area contributed by atoms with Crippen molar-refractivity contribution < 1.29 is 28.5 Å². The number of imidazole rings is 1. The first kappa shape index (κ1) is 28.3. The van der Waals surface area contributed by atoms with E-state index < -0.39 is 6.09 Å². The zero-order valence-corrected chi connectivity index (χ0v) is 22.4. The number of nitrogens with one attached hydrogen (secondary N) is 2. The summed E-state index contributed by atoms with van der Waals surface area (Å²) in [5.41, 5.74) is 1.26. The fourth-order valence-electron chi connectivity index (χ4n) is 4.18. The van der Waals surface area contributed by atoms with Gasteiger partial charge in [-0.15, -0.1) is 0 Å². The molecule has 1 aromatic heterocycles. The normalized spacial score (nSPS) is 17.0. The van der Waals surface area contributed by atoms with Crippen LogP contribution < -0.4 is 20.1 Å². The quantitative estimate of drug-likeness (QED) is 0.389. The highest BCUT2D eigenvalue weighted by molar-refractivity contribution is 5.95. The third-order valence-electron chi connectivity index (χ3n) is 6.18. The lowest BCUT2D eigenvalue weighted by molar-refractivity contribution is 0.0521. The molecule has 0 unspecified atom stereocenters. The van der Waals surface area contributed by atoms with Crippen LogP contribution in [0.1, 0.15) is 36.3 Å². The summed E-state index contributed by atoms with van der Waals surface area (Å²) in [6.45, 7) is 6.89. The number of rotatable bonds is 13. The number of alkyl carbamates (subject to hydrolysis) is 1. The van der Waals surface area contributed by atoms with Gasteiger partial charge in [0.2, 0.25) is 0 Å². The topological polar surface area (TPSA) is 116 Å². The molecule has 2 amide bonds. The predicted octanol–water partition coefficient (Wildman–Crippen LogP) is 2.21. The molecule has 1 aliphatic heterocycles. The summed E-state index contributed by atoms with van der Waals surface area (Å²) in [6, 6.07) is 5.14. The summed E-state index contributed by atoms with van der Waals surface area (Å²) in [5.74, 6) is 0.913. The molecule has 0 saturated carbocycles. The van der Waals surface area contributed by atoms with E-state index in [1.165, 1.54) is 0 Å². The van der Waals surface area contributed by atoms with E-state index in [-0.39, 0.29) is 30.5 Å². The molecule has 2 aromatic rings. The second-order valence-corrected chi connectivity index (χ2v) is 9.36. The average Bonchev–Trinajstić information content (AvgIpc) is 3.51. The lowest BCUT2D eigenvalue weighted by Gasteiger charge is -2.31. The zero-order chi connectivity index (χ0) is 26.8. The number of nitrogens with zero attached hydrogens (tertiary/aromatic N) is 3. The van der Waals surface area contributed by atoms with E-state index in [1.807, 2.05) is 31.7 Å². The van der Waals surface area contributed by atoms with E-state index in [0.29, 0.717) is 49.9 Å². The fourth-order valence-corrected chi connectivity index (χ4v) is 4.18. The Morgan fingerprint density at radius 3 is 2.70 bits per heavy atom. The Labute approximate surface area is 218 Å². The minimum atomic E-state index is -0.503. The summed E-state index contributed by atoms with van der Waals surface area (Å²) < 4.78 is 23.8. The van der Waals surface area contributed by atoms with Crippen LogP contribution in [-0.2, 0) is 23.1 Å². The van der Waals surface area contributed by atoms with Crippen LogP contribution in [0, 0.1) is 5.92 Å². The van der Waals surface area contributed by atoms with E-state index in [9.17, 15) is 9.59 Å². The molecule has 0 spiro atoms. The molecular formula is C26H39N5O6. The van der Waals surface area contributed by atoms with Gasteiger partial charge >= 0.3 is 6.09 Å². The molecule has 2 N–H and O–H groups in total. The highest BCUT2D eigenvalue weighted by Crippen LogP contribution is 2.29. The van der Waals surface area contributed by atoms with Crippen molar-refractivity contribution in [2.45, 2.75) is 39.0 Å². The number of aryl methyl sites for hydroxylation is 1. The standard InChI is InChI=1S/C26H39N5O6/c1-18(2)31(25(32)19-7-8-22(35-5)23(11-19)36-10-6-9-34-4)15-20-12-27-14-24(20)37-26(33)28-13-21-16-30(3)17-29-21/h7-8,11,16-18,20,24,27H,6,9-10,12-15H2,1-5H3,(H,28,33)/t20-,24+/m0/s1. The molecule has 2 atom stereocenters. The Balaban J connectivity index is 1.63. The van der Waals surface area contributed by atoms with Crippen LogP contribution in [-0.4, -0.2) is 85.7 Å². The van der Waals surface area contributed by atoms with E-state index in [0.717, 1.165) is 12.1 Å². The van der Waals surface area contributed by atoms with Gasteiger partial charge in [-0.1, -0.05) is 0 Å². The van der Waals surface area contributed by atoms with Crippen molar-refractivity contribution in [3.8, 4) is 11.5 Å². The second kappa shape index (κ2) is 13.8. The van der Waals surface area contributed by atoms with Gasteiger partial charge in [0, 0.05) is 70.5 Å². The van der Waals surface area contributed by atoms with Crippen LogP contribution in [0.4, 0.5) is 4.79 Å². The lowest BCUT2D eigenvalue weighted by atomic mass is 10.0. The number of hydrogen-bond acceptors (Lipinski definition) is 8. The van der Waals surface area contributed by atoms with E-state index in [1.54, 1.807) is 43.6 Å². The van der Waals surface area contributed by atoms with Gasteiger partial charge in [-0.05, 0) is 32.0 Å². The highest BCUT2D eigenvalue weighted by atomic mass is 16.6. The van der Waals surface area contributed by atoms with Crippen LogP contribution in [0.15, 0.2) is 30.7 Å². The maximum atomic E-state index is 13.6. The van der Waals surface area contributed by atoms with Crippen LogP contribution in [0.2, 0.25) is 0 Å². The predicted molar refractivity (Wildman–Crippen MR) is 138 cm³/mol. The van der Waals surface area contributed by atoms with Crippen LogP contribution >= 0.6 is 0 Å². The highest BCUT2D eigenvalue weighted by Gasteiger charge is 2.34. The molecule has 204 valence electrons. The second-order valence-electron chi connectivity index (χ2n) is 9.36. The summed E-state index contributed by atoms with van der Waals surface area (Å²) in [6.07, 6.45) is 3.38. The maximum Gasteiger partial charge on any atom is 0.407 e. The van der Waals surface area contributed by atoms with Crippen molar-refractivity contribution in [2.75, 3.05) is 47.1 Å². The fraction of sp³-hybridized carbons (Fsp3) is 0.577. The number of carbonyl (C=O) groups is 2. The van der Waals surface area contributed by atoms with Gasteiger partial charge < -0.3 is 39.0 Å². The summed E-state index contributed by atoms with van der Waals surface area (Å²) in [5, 5.41) is 6.03. The first-order valence-corrected chi connectivity index (χ1v) is 12.5. The Hall–Kier alpha value is -3.31. The molecule has 0 bridgehead atoms. The molecule has 1 fully saturated rings. The minimum Gasteiger partial charge on any atom is -0.493 e. The monoisotopic (exact) mass is 517 g/mol. The molecule has 37 heavy (non-hydrogen) atoms. The van der Waals surface area contributed by atoms with Crippen molar-refractivity contribution in [3.63, 3.8) is 0 Å². The average molecular weight is 518 g/mol. The van der Waals surface area contributed by atoms with Crippen LogP contribution in [0.25, 0.3) is 0 Å². The van der Waals surface area contributed by atoms with E-state index >= 15 is 0 Å². The number of carbonyl (C=O) groups excluding carboxylic acids is 2. The Morgan fingerprint density at radius 2 is 2.03 bits per heavy atom. The third-order valence-corrected chi connectivity index (χ3v) is 6.18. The lowest BCUT2D eigenvalue weighted by Crippen LogP contribution is -2.44. The number of aromatic nitrogens is 2. The summed E-state index contributed by atoms with van der Waals surface area (Å²) in [4.78, 5) is 32.0. The van der Waals surface area contributed by atoms with Crippen molar-refractivity contribution in [1.29, 1.82) is 0 Å². The molecular weight excluding hydrogens is 478 g/mol. The Morgan fingerprint density at radius 1 is 1.22 bits per heavy atom. The van der Waals surface area contributed by atoms with E-state index in [4.69, 9.17) is 18.9 Å². The van der Waals surface area contributed by atoms with Gasteiger partial charge in [-0.3, -0.25) is 4.79 Å². The number of benzene rings is 1. The Kier molecular flexibility index (Phi) is 10.6. The first-order chi connectivity index (χ1) is 17.8. The number of ether oxygens (including phenoxy) is 4. The maximum absolute atomic E-state index is 13.6. The SMILES string of the molecule is COCCCOc1cc(C(=O)N(C[C@@H]2CNC[C@H]2OC(=O)NCc2cn(C)cn2)C(C)C)ccc1OC. The zero-order valence-electron chi connectivity index (χ0n) is 22.4. The minimum absolute atomic E-state index is 0.0463. The molecule has 3 rings (SSSR count). The van der Waals surface area contributed by atoms with Gasteiger partial charge in [0.25, 0.3) is 5.91 Å². The van der Waals surface area contributed by atoms with Gasteiger partial charge in [-0.25, -0.2) is 9.78 Å². The van der Waals surface area contributed by atoms with Crippen molar-refractivity contribution in [2.24, 2.45) is 13.0 Å². The molecule has 1 aromatic carbocycles. The van der Waals surface area contributed by atoms with Crippen LogP contribution in [0.3, 0.4) is 0 Å². The molecule has 0 aliphatic carbocycles. The molecule has 11 heteroatoms. The first-order valence-electron chi connectivity index (χ1n) is 12.5. The van der Waals surface area contributed by atoms with Gasteiger partial charge in [-0.2, -0.15) is 0 Å².